The Labute approximate surface area is 92.0 Å². The molecule has 14 heavy (non-hydrogen) atoms. The zero-order valence-corrected chi connectivity index (χ0v) is 8.81. The molecule has 0 atom stereocenters. The van der Waals surface area contributed by atoms with E-state index in [4.69, 9.17) is 23.2 Å². The maximum atomic E-state index is 6.02. The second kappa shape index (κ2) is 3.60. The molecule has 0 aliphatic heterocycles. The van der Waals surface area contributed by atoms with Crippen LogP contribution in [0.2, 0.25) is 10.2 Å². The van der Waals surface area contributed by atoms with E-state index in [0.717, 1.165) is 16.3 Å². The van der Waals surface area contributed by atoms with E-state index in [-0.39, 0.29) is 0 Å². The van der Waals surface area contributed by atoms with Crippen molar-refractivity contribution in [3.63, 3.8) is 0 Å². The third-order valence-corrected chi connectivity index (χ3v) is 2.60. The number of aromatic nitrogens is 1. The van der Waals surface area contributed by atoms with Crippen LogP contribution in [0.15, 0.2) is 31.0 Å². The predicted octanol–water partition coefficient (Wildman–Crippen LogP) is 4.18. The summed E-state index contributed by atoms with van der Waals surface area (Å²) in [5.41, 5.74) is 1.01. The predicted molar refractivity (Wildman–Crippen MR) is 61.9 cm³/mol. The molecule has 0 saturated carbocycles. The normalized spacial score (nSPS) is 10.4. The van der Waals surface area contributed by atoms with Gasteiger partial charge in [-0.1, -0.05) is 41.9 Å². The Kier molecular flexibility index (Phi) is 2.44. The van der Waals surface area contributed by atoms with Crippen molar-refractivity contribution in [3.8, 4) is 0 Å². The Bertz CT molecular complexity index is 506. The maximum Gasteiger partial charge on any atom is 0.129 e. The average molecular weight is 224 g/mol. The molecule has 1 heterocycles. The van der Waals surface area contributed by atoms with Crippen molar-refractivity contribution in [1.29, 1.82) is 0 Å². The smallest absolute Gasteiger partial charge is 0.129 e. The molecule has 1 aromatic heterocycles. The van der Waals surface area contributed by atoms with E-state index in [0.29, 0.717) is 10.2 Å². The quantitative estimate of drug-likeness (QED) is 0.662. The van der Waals surface area contributed by atoms with Gasteiger partial charge in [0.05, 0.1) is 0 Å². The molecule has 0 aliphatic carbocycles. The second-order valence-electron chi connectivity index (χ2n) is 2.89. The summed E-state index contributed by atoms with van der Waals surface area (Å²) in [6.45, 7) is 3.73. The van der Waals surface area contributed by atoms with Crippen LogP contribution in [0.25, 0.3) is 16.8 Å². The van der Waals surface area contributed by atoms with E-state index in [1.807, 2.05) is 12.1 Å². The lowest BCUT2D eigenvalue weighted by atomic mass is 10.1. The summed E-state index contributed by atoms with van der Waals surface area (Å²) in [6.07, 6.45) is 3.45. The lowest BCUT2D eigenvalue weighted by molar-refractivity contribution is 1.36. The highest BCUT2D eigenvalue weighted by atomic mass is 35.5. The summed E-state index contributed by atoms with van der Waals surface area (Å²) in [5.74, 6) is 0. The molecule has 2 aromatic rings. The Morgan fingerprint density at radius 1 is 1.21 bits per heavy atom. The molecule has 3 heteroatoms. The lowest BCUT2D eigenvalue weighted by Crippen LogP contribution is -1.82. The highest BCUT2D eigenvalue weighted by Crippen LogP contribution is 2.28. The standard InChI is InChI=1S/C11H7Cl2N/c1-2-7-3-4-10(12)9-6-14-11(13)5-8(7)9/h2-6H,1H2. The van der Waals surface area contributed by atoms with E-state index in [1.165, 1.54) is 0 Å². The van der Waals surface area contributed by atoms with Gasteiger partial charge < -0.3 is 0 Å². The third kappa shape index (κ3) is 1.49. The minimum atomic E-state index is 0.461. The van der Waals surface area contributed by atoms with Gasteiger partial charge in [0.2, 0.25) is 0 Å². The van der Waals surface area contributed by atoms with Gasteiger partial charge in [-0.25, -0.2) is 4.98 Å². The second-order valence-corrected chi connectivity index (χ2v) is 3.69. The van der Waals surface area contributed by atoms with E-state index in [1.54, 1.807) is 18.3 Å². The number of hydrogen-bond donors (Lipinski definition) is 0. The maximum absolute atomic E-state index is 6.02. The van der Waals surface area contributed by atoms with Crippen LogP contribution in [-0.4, -0.2) is 4.98 Å². The van der Waals surface area contributed by atoms with Gasteiger partial charge in [0.1, 0.15) is 5.15 Å². The molecule has 0 fully saturated rings. The summed E-state index contributed by atoms with van der Waals surface area (Å²) in [6, 6.07) is 5.53. The van der Waals surface area contributed by atoms with Gasteiger partial charge in [-0.3, -0.25) is 0 Å². The van der Waals surface area contributed by atoms with Gasteiger partial charge in [0.25, 0.3) is 0 Å². The van der Waals surface area contributed by atoms with Crippen LogP contribution in [0.3, 0.4) is 0 Å². The highest BCUT2D eigenvalue weighted by molar-refractivity contribution is 6.36. The van der Waals surface area contributed by atoms with Gasteiger partial charge in [0, 0.05) is 16.6 Å². The molecular formula is C11H7Cl2N. The molecule has 70 valence electrons. The largest absolute Gasteiger partial charge is 0.244 e. The van der Waals surface area contributed by atoms with Crippen LogP contribution in [0.4, 0.5) is 0 Å². The fourth-order valence-electron chi connectivity index (χ4n) is 1.38. The molecule has 0 radical (unpaired) electrons. The van der Waals surface area contributed by atoms with Gasteiger partial charge in [0.15, 0.2) is 0 Å². The lowest BCUT2D eigenvalue weighted by Gasteiger charge is -2.03. The Hall–Kier alpha value is -1.05. The monoisotopic (exact) mass is 223 g/mol. The number of hydrogen-bond acceptors (Lipinski definition) is 1. The third-order valence-electron chi connectivity index (χ3n) is 2.07. The van der Waals surface area contributed by atoms with Crippen molar-refractivity contribution in [1.82, 2.24) is 4.98 Å². The number of fused-ring (bicyclic) bond motifs is 1. The molecule has 2 rings (SSSR count). The molecule has 0 aliphatic rings. The van der Waals surface area contributed by atoms with E-state index >= 15 is 0 Å². The van der Waals surface area contributed by atoms with Gasteiger partial charge in [-0.15, -0.1) is 0 Å². The first-order chi connectivity index (χ1) is 6.72. The first kappa shape index (κ1) is 9.50. The number of rotatable bonds is 1. The summed E-state index contributed by atoms with van der Waals surface area (Å²) in [7, 11) is 0. The van der Waals surface area contributed by atoms with Crippen LogP contribution in [0.5, 0.6) is 0 Å². The number of halogens is 2. The zero-order chi connectivity index (χ0) is 10.1. The van der Waals surface area contributed by atoms with Crippen LogP contribution < -0.4 is 0 Å². The van der Waals surface area contributed by atoms with Gasteiger partial charge >= 0.3 is 0 Å². The molecule has 1 aromatic carbocycles. The van der Waals surface area contributed by atoms with Gasteiger partial charge in [-0.05, 0) is 23.1 Å². The Balaban J connectivity index is 2.92. The Morgan fingerprint density at radius 3 is 2.71 bits per heavy atom. The summed E-state index contributed by atoms with van der Waals surface area (Å²) in [4.78, 5) is 3.99. The van der Waals surface area contributed by atoms with Gasteiger partial charge in [-0.2, -0.15) is 0 Å². The van der Waals surface area contributed by atoms with Crippen LogP contribution in [0.1, 0.15) is 5.56 Å². The number of nitrogens with zero attached hydrogens (tertiary/aromatic N) is 1. The topological polar surface area (TPSA) is 12.9 Å². The summed E-state index contributed by atoms with van der Waals surface area (Å²) in [5, 5.41) is 3.01. The molecule has 0 saturated heterocycles. The molecule has 0 amide bonds. The average Bonchev–Trinajstić information content (AvgIpc) is 2.18. The first-order valence-electron chi connectivity index (χ1n) is 4.08. The molecule has 0 unspecified atom stereocenters. The fourth-order valence-corrected chi connectivity index (χ4v) is 1.75. The van der Waals surface area contributed by atoms with Crippen molar-refractivity contribution in [2.45, 2.75) is 0 Å². The molecule has 0 bridgehead atoms. The van der Waals surface area contributed by atoms with Crippen molar-refractivity contribution in [2.75, 3.05) is 0 Å². The number of pyridine rings is 1. The van der Waals surface area contributed by atoms with Crippen LogP contribution >= 0.6 is 23.2 Å². The molecular weight excluding hydrogens is 217 g/mol. The Morgan fingerprint density at radius 2 is 2.00 bits per heavy atom. The van der Waals surface area contributed by atoms with Crippen LogP contribution in [0, 0.1) is 0 Å². The van der Waals surface area contributed by atoms with E-state index in [2.05, 4.69) is 11.6 Å². The number of benzene rings is 1. The van der Waals surface area contributed by atoms with Crippen LogP contribution in [-0.2, 0) is 0 Å². The fraction of sp³-hybridized carbons (Fsp3) is 0. The summed E-state index contributed by atoms with van der Waals surface area (Å²) < 4.78 is 0. The summed E-state index contributed by atoms with van der Waals surface area (Å²) >= 11 is 11.8. The molecule has 1 nitrogen and oxygen atoms in total. The van der Waals surface area contributed by atoms with Crippen molar-refractivity contribution >= 4 is 40.1 Å². The van der Waals surface area contributed by atoms with E-state index < -0.39 is 0 Å². The first-order valence-corrected chi connectivity index (χ1v) is 4.84. The van der Waals surface area contributed by atoms with Crippen molar-refractivity contribution in [3.05, 3.63) is 46.7 Å². The molecule has 0 spiro atoms. The zero-order valence-electron chi connectivity index (χ0n) is 7.30. The molecule has 0 N–H and O–H groups in total. The minimum Gasteiger partial charge on any atom is -0.244 e. The highest BCUT2D eigenvalue weighted by Gasteiger charge is 2.03. The van der Waals surface area contributed by atoms with Crippen molar-refractivity contribution < 1.29 is 0 Å². The van der Waals surface area contributed by atoms with Crippen molar-refractivity contribution in [2.24, 2.45) is 0 Å². The minimum absolute atomic E-state index is 0.461. The van der Waals surface area contributed by atoms with E-state index in [9.17, 15) is 0 Å². The SMILES string of the molecule is C=Cc1ccc(Cl)c2cnc(Cl)cc12.